The zero-order valence-electron chi connectivity index (χ0n) is 18.1. The molecule has 4 rings (SSSR count). The molecule has 2 N–H and O–H groups in total. The maximum atomic E-state index is 12.6. The van der Waals surface area contributed by atoms with Crippen LogP contribution in [-0.4, -0.2) is 66.8 Å². The summed E-state index contributed by atoms with van der Waals surface area (Å²) >= 11 is 1.52. The molecular weight excluding hydrogens is 444 g/mol. The van der Waals surface area contributed by atoms with E-state index in [2.05, 4.69) is 11.4 Å². The summed E-state index contributed by atoms with van der Waals surface area (Å²) in [6.07, 6.45) is -0.776. The smallest absolute Gasteiger partial charge is 0.407 e. The molecule has 1 fully saturated rings. The molecular formula is C23H24N4O5S. The van der Waals surface area contributed by atoms with Crippen LogP contribution in [0.5, 0.6) is 0 Å². The molecule has 2 aliphatic rings. The van der Waals surface area contributed by atoms with Gasteiger partial charge in [0, 0.05) is 42.1 Å². The van der Waals surface area contributed by atoms with Crippen LogP contribution < -0.4 is 10.2 Å². The van der Waals surface area contributed by atoms with E-state index in [1.165, 1.54) is 11.3 Å². The number of nitrogens with one attached hydrogen (secondary N) is 1. The summed E-state index contributed by atoms with van der Waals surface area (Å²) in [4.78, 5) is 40.6. The van der Waals surface area contributed by atoms with Crippen molar-refractivity contribution in [2.24, 2.45) is 0 Å². The topological polar surface area (TPSA) is 123 Å². The first kappa shape index (κ1) is 22.8. The van der Waals surface area contributed by atoms with Gasteiger partial charge in [0.2, 0.25) is 5.91 Å². The second-order valence-corrected chi connectivity index (χ2v) is 9.24. The number of thiophene rings is 1. The minimum Gasteiger partial charge on any atom is -0.465 e. The van der Waals surface area contributed by atoms with Crippen LogP contribution in [0.3, 0.4) is 0 Å². The average Bonchev–Trinajstić information content (AvgIpc) is 3.26. The largest absolute Gasteiger partial charge is 0.465 e. The van der Waals surface area contributed by atoms with Gasteiger partial charge in [-0.2, -0.15) is 5.26 Å². The van der Waals surface area contributed by atoms with E-state index in [1.807, 2.05) is 30.3 Å². The van der Waals surface area contributed by atoms with Crippen molar-refractivity contribution in [1.82, 2.24) is 10.2 Å². The van der Waals surface area contributed by atoms with Crippen molar-refractivity contribution in [2.75, 3.05) is 31.6 Å². The quantitative estimate of drug-likeness (QED) is 0.694. The Morgan fingerprint density at radius 2 is 2.18 bits per heavy atom. The summed E-state index contributed by atoms with van der Waals surface area (Å²) < 4.78 is 5.50. The SMILES string of the molecule is CN1C(=O)Cc2ccc(-c3ccc(C[C@@H](C#N)NC(=O)[C@@H]4CN(C(=O)O)CCCO4)s3)cc21. The molecule has 2 aliphatic heterocycles. The molecule has 0 aliphatic carbocycles. The third-order valence-electron chi connectivity index (χ3n) is 5.83. The van der Waals surface area contributed by atoms with Crippen LogP contribution in [0, 0.1) is 11.3 Å². The predicted octanol–water partition coefficient (Wildman–Crippen LogP) is 2.25. The maximum absolute atomic E-state index is 12.6. The van der Waals surface area contributed by atoms with Gasteiger partial charge in [-0.15, -0.1) is 11.3 Å². The number of hydrogen-bond acceptors (Lipinski definition) is 6. The molecule has 2 aromatic rings. The Labute approximate surface area is 195 Å². The third kappa shape index (κ3) is 4.99. The lowest BCUT2D eigenvalue weighted by atomic mass is 10.1. The molecule has 0 saturated carbocycles. The summed E-state index contributed by atoms with van der Waals surface area (Å²) in [5.41, 5.74) is 2.91. The fraction of sp³-hybridized carbons (Fsp3) is 0.391. The Balaban J connectivity index is 1.41. The number of ether oxygens (including phenoxy) is 1. The Morgan fingerprint density at radius 1 is 1.36 bits per heavy atom. The number of likely N-dealkylation sites (N-methyl/N-ethyl adjacent to an activating group) is 1. The van der Waals surface area contributed by atoms with Gasteiger partial charge < -0.3 is 25.0 Å². The van der Waals surface area contributed by atoms with E-state index in [0.717, 1.165) is 31.5 Å². The predicted molar refractivity (Wildman–Crippen MR) is 122 cm³/mol. The number of rotatable bonds is 5. The zero-order valence-corrected chi connectivity index (χ0v) is 18.9. The molecule has 10 heteroatoms. The Kier molecular flexibility index (Phi) is 6.62. The molecule has 33 heavy (non-hydrogen) atoms. The molecule has 1 aromatic carbocycles. The van der Waals surface area contributed by atoms with Gasteiger partial charge in [-0.05, 0) is 35.7 Å². The number of carbonyl (C=O) groups excluding carboxylic acids is 2. The van der Waals surface area contributed by atoms with Crippen LogP contribution in [0.25, 0.3) is 10.4 Å². The number of nitriles is 1. The summed E-state index contributed by atoms with van der Waals surface area (Å²) in [6.45, 7) is 0.540. The van der Waals surface area contributed by atoms with Crippen molar-refractivity contribution in [2.45, 2.75) is 31.4 Å². The highest BCUT2D eigenvalue weighted by atomic mass is 32.1. The van der Waals surface area contributed by atoms with Gasteiger partial charge in [0.25, 0.3) is 5.91 Å². The lowest BCUT2D eigenvalue weighted by molar-refractivity contribution is -0.133. The van der Waals surface area contributed by atoms with Crippen molar-refractivity contribution in [3.63, 3.8) is 0 Å². The van der Waals surface area contributed by atoms with Crippen molar-refractivity contribution >= 4 is 34.9 Å². The average molecular weight is 469 g/mol. The lowest BCUT2D eigenvalue weighted by Crippen LogP contribution is -2.47. The Morgan fingerprint density at radius 3 is 2.94 bits per heavy atom. The van der Waals surface area contributed by atoms with Gasteiger partial charge in [-0.1, -0.05) is 12.1 Å². The molecule has 0 radical (unpaired) electrons. The molecule has 0 unspecified atom stereocenters. The molecule has 1 aromatic heterocycles. The number of amides is 3. The van der Waals surface area contributed by atoms with E-state index in [4.69, 9.17) is 4.74 Å². The Bertz CT molecular complexity index is 1120. The number of carboxylic acid groups (broad SMARTS) is 1. The summed E-state index contributed by atoms with van der Waals surface area (Å²) in [6, 6.07) is 11.2. The van der Waals surface area contributed by atoms with Gasteiger partial charge in [-0.25, -0.2) is 4.79 Å². The number of carbonyl (C=O) groups is 3. The maximum Gasteiger partial charge on any atom is 0.407 e. The van der Waals surface area contributed by atoms with Crippen molar-refractivity contribution in [1.29, 1.82) is 5.26 Å². The van der Waals surface area contributed by atoms with E-state index in [0.29, 0.717) is 25.8 Å². The summed E-state index contributed by atoms with van der Waals surface area (Å²) in [7, 11) is 1.77. The van der Waals surface area contributed by atoms with E-state index in [9.17, 15) is 24.8 Å². The second-order valence-electron chi connectivity index (χ2n) is 8.07. The number of hydrogen-bond donors (Lipinski definition) is 2. The normalized spacial score (nSPS) is 18.9. The highest BCUT2D eigenvalue weighted by molar-refractivity contribution is 7.15. The zero-order chi connectivity index (χ0) is 23.5. The minimum absolute atomic E-state index is 0.0578. The summed E-state index contributed by atoms with van der Waals surface area (Å²) in [5, 5.41) is 21.5. The molecule has 1 saturated heterocycles. The van der Waals surface area contributed by atoms with Crippen LogP contribution in [0.15, 0.2) is 30.3 Å². The number of benzene rings is 1. The number of nitrogens with zero attached hydrogens (tertiary/aromatic N) is 3. The first-order valence-corrected chi connectivity index (χ1v) is 11.5. The van der Waals surface area contributed by atoms with Gasteiger partial charge in [0.1, 0.15) is 6.04 Å². The summed E-state index contributed by atoms with van der Waals surface area (Å²) in [5.74, 6) is -0.413. The molecule has 9 nitrogen and oxygen atoms in total. The third-order valence-corrected chi connectivity index (χ3v) is 6.98. The number of anilines is 1. The molecule has 0 bridgehead atoms. The highest BCUT2D eigenvalue weighted by Crippen LogP contribution is 2.35. The van der Waals surface area contributed by atoms with Gasteiger partial charge in [0.05, 0.1) is 19.0 Å². The molecule has 3 amide bonds. The van der Waals surface area contributed by atoms with E-state index < -0.39 is 24.1 Å². The monoisotopic (exact) mass is 468 g/mol. The fourth-order valence-corrected chi connectivity index (χ4v) is 5.04. The molecule has 172 valence electrons. The van der Waals surface area contributed by atoms with Gasteiger partial charge >= 0.3 is 6.09 Å². The first-order chi connectivity index (χ1) is 15.9. The lowest BCUT2D eigenvalue weighted by Gasteiger charge is -2.21. The fourth-order valence-electron chi connectivity index (χ4n) is 3.99. The second kappa shape index (κ2) is 9.60. The minimum atomic E-state index is -1.09. The number of fused-ring (bicyclic) bond motifs is 1. The van der Waals surface area contributed by atoms with Gasteiger partial charge in [-0.3, -0.25) is 9.59 Å². The van der Waals surface area contributed by atoms with Crippen LogP contribution in [-0.2, 0) is 27.2 Å². The van der Waals surface area contributed by atoms with Crippen molar-refractivity contribution in [3.05, 3.63) is 40.8 Å². The van der Waals surface area contributed by atoms with Gasteiger partial charge in [0.15, 0.2) is 6.10 Å². The van der Waals surface area contributed by atoms with Crippen LogP contribution >= 0.6 is 11.3 Å². The molecule has 3 heterocycles. The Hall–Kier alpha value is -3.42. The molecule has 0 spiro atoms. The van der Waals surface area contributed by atoms with Crippen molar-refractivity contribution in [3.8, 4) is 16.5 Å². The first-order valence-electron chi connectivity index (χ1n) is 10.6. The molecule has 2 atom stereocenters. The van der Waals surface area contributed by atoms with Crippen LogP contribution in [0.1, 0.15) is 16.9 Å². The standard InChI is InChI=1S/C23H24N4O5S/c1-26-18-9-15(4-3-14(18)10-21(26)28)20-6-5-17(33-20)11-16(12-24)25-22(29)19-13-27(23(30)31)7-2-8-32-19/h3-6,9,16,19H,2,7-8,10-11,13H2,1H3,(H,25,29)(H,30,31)/t16-,19-/m0/s1. The highest BCUT2D eigenvalue weighted by Gasteiger charge is 2.29. The van der Waals surface area contributed by atoms with Crippen LogP contribution in [0.2, 0.25) is 0 Å². The van der Waals surface area contributed by atoms with E-state index in [1.54, 1.807) is 11.9 Å². The van der Waals surface area contributed by atoms with Crippen LogP contribution in [0.4, 0.5) is 10.5 Å². The van der Waals surface area contributed by atoms with E-state index in [-0.39, 0.29) is 19.1 Å². The van der Waals surface area contributed by atoms with Crippen molar-refractivity contribution < 1.29 is 24.2 Å². The van der Waals surface area contributed by atoms with E-state index >= 15 is 0 Å².